The highest BCUT2D eigenvalue weighted by molar-refractivity contribution is 5.77. The SMILES string of the molecule is Cc1cc(-c2ccccc2)ccc1Nc1nccnc1Nc1ccccc1.Cc1cc(-c2ccccc2)ccc1Nc1nccnc1Nc1ccccc1. The molecule has 54 heavy (non-hydrogen) atoms. The third-order valence-corrected chi connectivity index (χ3v) is 8.64. The molecular formula is C46H40N8. The molecule has 8 nitrogen and oxygen atoms in total. The molecule has 0 spiro atoms. The molecule has 0 bridgehead atoms. The van der Waals surface area contributed by atoms with Gasteiger partial charge < -0.3 is 21.3 Å². The Morgan fingerprint density at radius 1 is 0.315 bits per heavy atom. The third kappa shape index (κ3) is 9.12. The summed E-state index contributed by atoms with van der Waals surface area (Å²) >= 11 is 0. The van der Waals surface area contributed by atoms with E-state index < -0.39 is 0 Å². The molecule has 8 rings (SSSR count). The Morgan fingerprint density at radius 2 is 0.630 bits per heavy atom. The van der Waals surface area contributed by atoms with Gasteiger partial charge in [-0.15, -0.1) is 0 Å². The molecule has 4 N–H and O–H groups in total. The zero-order chi connectivity index (χ0) is 37.0. The topological polar surface area (TPSA) is 99.7 Å². The predicted octanol–water partition coefficient (Wildman–Crippen LogP) is 11.9. The molecule has 0 saturated carbocycles. The van der Waals surface area contributed by atoms with Crippen molar-refractivity contribution in [2.45, 2.75) is 13.8 Å². The van der Waals surface area contributed by atoms with Crippen LogP contribution in [0.2, 0.25) is 0 Å². The standard InChI is InChI=1S/2C23H20N4/c2*1-17-16-19(18-8-4-2-5-9-18)12-13-21(17)27-23-22(24-14-15-25-23)26-20-10-6-3-7-11-20/h2*2-16H,1H3,(H,24,26)(H,25,27). The first-order chi connectivity index (χ1) is 26.6. The van der Waals surface area contributed by atoms with Gasteiger partial charge in [0, 0.05) is 47.5 Å². The van der Waals surface area contributed by atoms with Crippen LogP contribution in [0.15, 0.2) is 183 Å². The summed E-state index contributed by atoms with van der Waals surface area (Å²) in [6.07, 6.45) is 6.74. The summed E-state index contributed by atoms with van der Waals surface area (Å²) in [5.41, 5.74) is 11.0. The summed E-state index contributed by atoms with van der Waals surface area (Å²) in [4.78, 5) is 17.8. The molecule has 0 amide bonds. The fourth-order valence-corrected chi connectivity index (χ4v) is 5.84. The lowest BCUT2D eigenvalue weighted by Crippen LogP contribution is -2.02. The highest BCUT2D eigenvalue weighted by Gasteiger charge is 2.10. The Bertz CT molecular complexity index is 2230. The number of para-hydroxylation sites is 2. The third-order valence-electron chi connectivity index (χ3n) is 8.64. The van der Waals surface area contributed by atoms with Crippen molar-refractivity contribution < 1.29 is 0 Å². The molecule has 0 aliphatic heterocycles. The van der Waals surface area contributed by atoms with Crippen LogP contribution in [0.3, 0.4) is 0 Å². The van der Waals surface area contributed by atoms with Gasteiger partial charge in [-0.3, -0.25) is 0 Å². The number of nitrogens with one attached hydrogen (secondary N) is 4. The smallest absolute Gasteiger partial charge is 0.173 e. The van der Waals surface area contributed by atoms with Crippen LogP contribution >= 0.6 is 0 Å². The van der Waals surface area contributed by atoms with Crippen molar-refractivity contribution in [3.8, 4) is 22.3 Å². The highest BCUT2D eigenvalue weighted by Crippen LogP contribution is 2.31. The lowest BCUT2D eigenvalue weighted by atomic mass is 10.0. The Balaban J connectivity index is 0.000000167. The predicted molar refractivity (Wildman–Crippen MR) is 223 cm³/mol. The fourth-order valence-electron chi connectivity index (χ4n) is 5.84. The van der Waals surface area contributed by atoms with Crippen molar-refractivity contribution in [2.24, 2.45) is 0 Å². The van der Waals surface area contributed by atoms with Crippen LogP contribution in [-0.2, 0) is 0 Å². The van der Waals surface area contributed by atoms with Gasteiger partial charge in [0.05, 0.1) is 0 Å². The maximum absolute atomic E-state index is 4.46. The molecule has 2 aromatic heterocycles. The number of rotatable bonds is 10. The van der Waals surface area contributed by atoms with Crippen LogP contribution in [0.5, 0.6) is 0 Å². The second-order valence-electron chi connectivity index (χ2n) is 12.5. The van der Waals surface area contributed by atoms with Crippen molar-refractivity contribution in [3.63, 3.8) is 0 Å². The number of hydrogen-bond acceptors (Lipinski definition) is 8. The first-order valence-corrected chi connectivity index (χ1v) is 17.7. The molecule has 2 heterocycles. The van der Waals surface area contributed by atoms with Crippen molar-refractivity contribution in [2.75, 3.05) is 21.3 Å². The van der Waals surface area contributed by atoms with Crippen molar-refractivity contribution >= 4 is 46.0 Å². The summed E-state index contributed by atoms with van der Waals surface area (Å²) < 4.78 is 0. The monoisotopic (exact) mass is 704 g/mol. The van der Waals surface area contributed by atoms with E-state index in [0.717, 1.165) is 33.9 Å². The minimum atomic E-state index is 0.690. The average molecular weight is 705 g/mol. The van der Waals surface area contributed by atoms with Crippen LogP contribution in [-0.4, -0.2) is 19.9 Å². The van der Waals surface area contributed by atoms with Gasteiger partial charge in [-0.25, -0.2) is 19.9 Å². The van der Waals surface area contributed by atoms with E-state index in [9.17, 15) is 0 Å². The summed E-state index contributed by atoms with van der Waals surface area (Å²) in [6.45, 7) is 4.19. The quantitative estimate of drug-likeness (QED) is 0.112. The minimum absolute atomic E-state index is 0.690. The zero-order valence-corrected chi connectivity index (χ0v) is 30.1. The molecule has 0 fully saturated rings. The van der Waals surface area contributed by atoms with E-state index in [0.29, 0.717) is 23.3 Å². The minimum Gasteiger partial charge on any atom is -0.337 e. The molecule has 0 saturated heterocycles. The highest BCUT2D eigenvalue weighted by atomic mass is 15.1. The van der Waals surface area contributed by atoms with Crippen LogP contribution in [0.25, 0.3) is 22.3 Å². The normalized spacial score (nSPS) is 10.4. The average Bonchev–Trinajstić information content (AvgIpc) is 3.22. The molecule has 0 aliphatic carbocycles. The molecule has 8 aromatic rings. The lowest BCUT2D eigenvalue weighted by molar-refractivity contribution is 1.19. The van der Waals surface area contributed by atoms with Gasteiger partial charge >= 0.3 is 0 Å². The Hall–Kier alpha value is -7.32. The Morgan fingerprint density at radius 3 is 0.963 bits per heavy atom. The van der Waals surface area contributed by atoms with Gasteiger partial charge in [-0.05, 0) is 95.8 Å². The fraction of sp³-hybridized carbons (Fsp3) is 0.0435. The second-order valence-corrected chi connectivity index (χ2v) is 12.5. The molecule has 264 valence electrons. The van der Waals surface area contributed by atoms with Crippen molar-refractivity contribution in [1.82, 2.24) is 19.9 Å². The van der Waals surface area contributed by atoms with Crippen molar-refractivity contribution in [1.29, 1.82) is 0 Å². The van der Waals surface area contributed by atoms with Gasteiger partial charge in [-0.1, -0.05) is 109 Å². The van der Waals surface area contributed by atoms with Crippen LogP contribution in [0.4, 0.5) is 46.0 Å². The molecular weight excluding hydrogens is 665 g/mol. The number of hydrogen-bond donors (Lipinski definition) is 4. The van der Waals surface area contributed by atoms with E-state index >= 15 is 0 Å². The summed E-state index contributed by atoms with van der Waals surface area (Å²) in [7, 11) is 0. The second kappa shape index (κ2) is 17.3. The number of benzene rings is 6. The summed E-state index contributed by atoms with van der Waals surface area (Å²) in [5.74, 6) is 2.76. The molecule has 0 radical (unpaired) electrons. The first-order valence-electron chi connectivity index (χ1n) is 17.7. The maximum Gasteiger partial charge on any atom is 0.173 e. The lowest BCUT2D eigenvalue weighted by Gasteiger charge is -2.14. The van der Waals surface area contributed by atoms with Crippen LogP contribution in [0, 0.1) is 13.8 Å². The van der Waals surface area contributed by atoms with Crippen molar-refractivity contribution in [3.05, 3.63) is 194 Å². The number of aryl methyl sites for hydroxylation is 2. The van der Waals surface area contributed by atoms with Gasteiger partial charge in [0.1, 0.15) is 0 Å². The van der Waals surface area contributed by atoms with E-state index in [-0.39, 0.29) is 0 Å². The van der Waals surface area contributed by atoms with E-state index in [1.54, 1.807) is 24.8 Å². The van der Waals surface area contributed by atoms with Crippen LogP contribution in [0.1, 0.15) is 11.1 Å². The van der Waals surface area contributed by atoms with Gasteiger partial charge in [0.15, 0.2) is 23.3 Å². The van der Waals surface area contributed by atoms with E-state index in [4.69, 9.17) is 0 Å². The van der Waals surface area contributed by atoms with E-state index in [2.05, 4.69) is 140 Å². The maximum atomic E-state index is 4.46. The molecule has 0 unspecified atom stereocenters. The number of anilines is 8. The van der Waals surface area contributed by atoms with Crippen LogP contribution < -0.4 is 21.3 Å². The number of aromatic nitrogens is 4. The van der Waals surface area contributed by atoms with Gasteiger partial charge in [-0.2, -0.15) is 0 Å². The summed E-state index contributed by atoms with van der Waals surface area (Å²) in [5, 5.41) is 13.4. The first kappa shape index (κ1) is 35.1. The zero-order valence-electron chi connectivity index (χ0n) is 30.1. The molecule has 6 aromatic carbocycles. The Labute approximate surface area is 316 Å². The largest absolute Gasteiger partial charge is 0.337 e. The van der Waals surface area contributed by atoms with Gasteiger partial charge in [0.2, 0.25) is 0 Å². The van der Waals surface area contributed by atoms with Gasteiger partial charge in [0.25, 0.3) is 0 Å². The number of nitrogens with zero attached hydrogens (tertiary/aromatic N) is 4. The van der Waals surface area contributed by atoms with E-state index in [1.165, 1.54) is 22.3 Å². The Kier molecular flexibility index (Phi) is 11.2. The molecule has 0 atom stereocenters. The molecule has 0 aliphatic rings. The summed E-state index contributed by atoms with van der Waals surface area (Å²) in [6, 6.07) is 53.4. The molecule has 8 heteroatoms. The van der Waals surface area contributed by atoms with E-state index in [1.807, 2.05) is 72.8 Å².